The van der Waals surface area contributed by atoms with E-state index in [0.29, 0.717) is 11.5 Å². The zero-order chi connectivity index (χ0) is 23.3. The largest absolute Gasteiger partial charge is 0.459 e. The molecule has 180 valence electrons. The van der Waals surface area contributed by atoms with Crippen molar-refractivity contribution in [2.24, 2.45) is 17.8 Å². The van der Waals surface area contributed by atoms with Gasteiger partial charge in [0.2, 0.25) is 0 Å². The molecule has 0 aromatic heterocycles. The average Bonchev–Trinajstić information content (AvgIpc) is 2.84. The molecule has 3 rings (SSSR count). The zero-order valence-corrected chi connectivity index (χ0v) is 21.0. The first kappa shape index (κ1) is 25.6. The smallest absolute Gasteiger partial charge is 0.338 e. The summed E-state index contributed by atoms with van der Waals surface area (Å²) < 4.78 is 5.79. The molecule has 1 aromatic carbocycles. The van der Waals surface area contributed by atoms with Gasteiger partial charge < -0.3 is 4.74 Å². The number of ether oxygens (including phenoxy) is 1. The molecule has 2 saturated carbocycles. The summed E-state index contributed by atoms with van der Waals surface area (Å²) in [6, 6.07) is 7.99. The molecule has 2 aliphatic rings. The number of unbranched alkanes of at least 4 members (excludes halogenated alkanes) is 2. The Balaban J connectivity index is 1.34. The van der Waals surface area contributed by atoms with Gasteiger partial charge in [-0.3, -0.25) is 0 Å². The molecule has 0 atom stereocenters. The summed E-state index contributed by atoms with van der Waals surface area (Å²) in [5.41, 5.74) is 1.97. The van der Waals surface area contributed by atoms with Crippen LogP contribution in [-0.4, -0.2) is 12.1 Å². The van der Waals surface area contributed by atoms with Gasteiger partial charge in [-0.25, -0.2) is 4.79 Å². The average molecular weight is 449 g/mol. The lowest BCUT2D eigenvalue weighted by molar-refractivity contribution is 0.0188. The fourth-order valence-corrected chi connectivity index (χ4v) is 5.36. The van der Waals surface area contributed by atoms with Crippen molar-refractivity contribution in [1.82, 2.24) is 0 Å². The highest BCUT2D eigenvalue weighted by Crippen LogP contribution is 2.32. The molecule has 33 heavy (non-hydrogen) atoms. The minimum atomic E-state index is -0.179. The lowest BCUT2D eigenvalue weighted by atomic mass is 9.80. The van der Waals surface area contributed by atoms with Crippen LogP contribution in [0.1, 0.15) is 113 Å². The first-order chi connectivity index (χ1) is 16.2. The molecule has 0 spiro atoms. The van der Waals surface area contributed by atoms with Gasteiger partial charge in [0, 0.05) is 5.92 Å². The quantitative estimate of drug-likeness (QED) is 0.216. The molecule has 0 unspecified atom stereocenters. The van der Waals surface area contributed by atoms with Gasteiger partial charge in [0.05, 0.1) is 5.56 Å². The minimum absolute atomic E-state index is 0.0358. The van der Waals surface area contributed by atoms with Crippen LogP contribution >= 0.6 is 0 Å². The Kier molecular flexibility index (Phi) is 11.1. The summed E-state index contributed by atoms with van der Waals surface area (Å²) in [5.74, 6) is 8.70. The number of hydrogen-bond donors (Lipinski definition) is 0. The van der Waals surface area contributed by atoms with Gasteiger partial charge in [0.1, 0.15) is 6.10 Å². The highest BCUT2D eigenvalue weighted by Gasteiger charge is 2.23. The Morgan fingerprint density at radius 3 is 2.33 bits per heavy atom. The second-order valence-corrected chi connectivity index (χ2v) is 10.3. The second-order valence-electron chi connectivity index (χ2n) is 10.3. The topological polar surface area (TPSA) is 26.3 Å². The number of benzene rings is 1. The molecule has 0 heterocycles. The van der Waals surface area contributed by atoms with Crippen LogP contribution in [0.4, 0.5) is 0 Å². The van der Waals surface area contributed by atoms with Crippen LogP contribution in [0.3, 0.4) is 0 Å². The third kappa shape index (κ3) is 9.04. The van der Waals surface area contributed by atoms with E-state index in [9.17, 15) is 4.79 Å². The Morgan fingerprint density at radius 1 is 0.939 bits per heavy atom. The Hall–Kier alpha value is -2.01. The summed E-state index contributed by atoms with van der Waals surface area (Å²) in [6.07, 6.45) is 21.3. The molecule has 0 N–H and O–H groups in total. The molecule has 2 heteroatoms. The molecule has 0 saturated heterocycles. The van der Waals surface area contributed by atoms with Crippen LogP contribution in [0.2, 0.25) is 0 Å². The molecule has 2 aliphatic carbocycles. The van der Waals surface area contributed by atoms with E-state index in [2.05, 4.69) is 50.0 Å². The summed E-state index contributed by atoms with van der Waals surface area (Å²) in [5, 5.41) is 0. The molecule has 2 nitrogen and oxygen atoms in total. The molecule has 1 aromatic rings. The van der Waals surface area contributed by atoms with Crippen molar-refractivity contribution >= 4 is 5.97 Å². The maximum Gasteiger partial charge on any atom is 0.338 e. The number of carbonyl (C=O) groups is 1. The second kappa shape index (κ2) is 14.3. The SMILES string of the molecule is CCCCCc1ccc(C(=O)O[C@H]2CC[C@H](C#CC=C[C@H]3CC[C@H](CCC)CC3)CC2)cc1. The van der Waals surface area contributed by atoms with Gasteiger partial charge in [0.15, 0.2) is 0 Å². The van der Waals surface area contributed by atoms with Crippen molar-refractivity contribution in [1.29, 1.82) is 0 Å². The number of hydrogen-bond acceptors (Lipinski definition) is 2. The minimum Gasteiger partial charge on any atom is -0.459 e. The van der Waals surface area contributed by atoms with E-state index in [1.165, 1.54) is 63.4 Å². The fourth-order valence-electron chi connectivity index (χ4n) is 5.36. The van der Waals surface area contributed by atoms with Crippen molar-refractivity contribution in [2.75, 3.05) is 0 Å². The Labute approximate surface area is 202 Å². The number of esters is 1. The molecular formula is C31H44O2. The first-order valence-electron chi connectivity index (χ1n) is 13.7. The maximum atomic E-state index is 12.5. The zero-order valence-electron chi connectivity index (χ0n) is 21.0. The van der Waals surface area contributed by atoms with Crippen molar-refractivity contribution in [3.63, 3.8) is 0 Å². The van der Waals surface area contributed by atoms with Crippen LogP contribution in [0.25, 0.3) is 0 Å². The molecule has 0 radical (unpaired) electrons. The number of aryl methyl sites for hydroxylation is 1. The maximum absolute atomic E-state index is 12.5. The number of carbonyl (C=O) groups excluding carboxylic acids is 1. The van der Waals surface area contributed by atoms with E-state index in [1.54, 1.807) is 0 Å². The van der Waals surface area contributed by atoms with Gasteiger partial charge >= 0.3 is 5.97 Å². The van der Waals surface area contributed by atoms with Crippen molar-refractivity contribution in [3.05, 3.63) is 47.5 Å². The van der Waals surface area contributed by atoms with Gasteiger partial charge in [0.25, 0.3) is 0 Å². The van der Waals surface area contributed by atoms with Crippen LogP contribution in [0.5, 0.6) is 0 Å². The summed E-state index contributed by atoms with van der Waals surface area (Å²) in [4.78, 5) is 12.5. The third-order valence-electron chi connectivity index (χ3n) is 7.53. The van der Waals surface area contributed by atoms with Crippen molar-refractivity contribution in [2.45, 2.75) is 110 Å². The highest BCUT2D eigenvalue weighted by molar-refractivity contribution is 5.89. The lowest BCUT2D eigenvalue weighted by Gasteiger charge is -2.26. The van der Waals surface area contributed by atoms with E-state index < -0.39 is 0 Å². The van der Waals surface area contributed by atoms with E-state index in [1.807, 2.05) is 12.1 Å². The number of rotatable bonds is 9. The predicted molar refractivity (Wildman–Crippen MR) is 138 cm³/mol. The normalized spacial score (nSPS) is 25.4. The van der Waals surface area contributed by atoms with E-state index in [0.717, 1.165) is 43.9 Å². The molecule has 2 fully saturated rings. The Bertz CT molecular complexity index is 778. The highest BCUT2D eigenvalue weighted by atomic mass is 16.5. The van der Waals surface area contributed by atoms with E-state index >= 15 is 0 Å². The van der Waals surface area contributed by atoms with Crippen LogP contribution in [0, 0.1) is 29.6 Å². The van der Waals surface area contributed by atoms with Crippen LogP contribution in [0.15, 0.2) is 36.4 Å². The molecule has 0 amide bonds. The first-order valence-corrected chi connectivity index (χ1v) is 13.7. The summed E-state index contributed by atoms with van der Waals surface area (Å²) in [6.45, 7) is 4.52. The van der Waals surface area contributed by atoms with Gasteiger partial charge in [-0.05, 0) is 99.8 Å². The molecule has 0 aliphatic heterocycles. The Morgan fingerprint density at radius 2 is 1.67 bits per heavy atom. The third-order valence-corrected chi connectivity index (χ3v) is 7.53. The standard InChI is InChI=1S/C31H44O2/c1-3-5-6-10-27-17-21-29(22-18-27)31(32)33-30-23-19-28(20-24-30)12-8-7-11-26-15-13-25(9-4-2)14-16-26/h7,11,17-18,21-22,25-26,28,30H,3-6,9-10,13-16,19-20,23-24H2,1-2H3/t25-,26-,28-,30-. The van der Waals surface area contributed by atoms with Gasteiger partial charge in [-0.1, -0.05) is 69.6 Å². The van der Waals surface area contributed by atoms with Gasteiger partial charge in [-0.15, -0.1) is 0 Å². The summed E-state index contributed by atoms with van der Waals surface area (Å²) in [7, 11) is 0. The fraction of sp³-hybridized carbons (Fsp3) is 0.645. The van der Waals surface area contributed by atoms with E-state index in [4.69, 9.17) is 4.74 Å². The lowest BCUT2D eigenvalue weighted by Crippen LogP contribution is -2.24. The monoisotopic (exact) mass is 448 g/mol. The molecule has 0 bridgehead atoms. The predicted octanol–water partition coefficient (Wildman–Crippen LogP) is 8.30. The van der Waals surface area contributed by atoms with Gasteiger partial charge in [-0.2, -0.15) is 0 Å². The van der Waals surface area contributed by atoms with Crippen molar-refractivity contribution < 1.29 is 9.53 Å². The van der Waals surface area contributed by atoms with Crippen molar-refractivity contribution in [3.8, 4) is 11.8 Å². The van der Waals surface area contributed by atoms with Crippen LogP contribution in [-0.2, 0) is 11.2 Å². The molecular weight excluding hydrogens is 404 g/mol. The summed E-state index contributed by atoms with van der Waals surface area (Å²) >= 11 is 0. The van der Waals surface area contributed by atoms with Crippen LogP contribution < -0.4 is 0 Å². The number of allylic oxidation sites excluding steroid dienone is 2. The van der Waals surface area contributed by atoms with E-state index in [-0.39, 0.29) is 12.1 Å².